The van der Waals surface area contributed by atoms with Gasteiger partial charge in [0, 0.05) is 17.9 Å². The lowest BCUT2D eigenvalue weighted by molar-refractivity contribution is -0.155. The number of anilines is 2. The van der Waals surface area contributed by atoms with Crippen LogP contribution in [0.15, 0.2) is 35.7 Å². The Morgan fingerprint density at radius 1 is 1.21 bits per heavy atom. The number of rotatable bonds is 4. The third kappa shape index (κ3) is 4.59. The zero-order valence-corrected chi connectivity index (χ0v) is 17.1. The van der Waals surface area contributed by atoms with Crippen LogP contribution in [0, 0.1) is 5.41 Å². The molecule has 0 atom stereocenters. The standard InChI is InChI=1S/C21H24N2O4S/c1-21(2,3)20(26)27-13-18(24)22-15-8-9-16-14(12-15)6-4-10-23(16)19(25)17-7-5-11-28-17/h5,7-9,11-12H,4,6,10,13H2,1-3H3,(H,22,24). The van der Waals surface area contributed by atoms with Crippen molar-refractivity contribution >= 4 is 40.5 Å². The lowest BCUT2D eigenvalue weighted by Crippen LogP contribution is -2.35. The minimum atomic E-state index is -0.648. The highest BCUT2D eigenvalue weighted by Gasteiger charge is 2.25. The fraction of sp³-hybridized carbons (Fsp3) is 0.381. The Kier molecular flexibility index (Phi) is 5.84. The number of amides is 2. The molecule has 0 bridgehead atoms. The van der Waals surface area contributed by atoms with Gasteiger partial charge in [-0.1, -0.05) is 6.07 Å². The quantitative estimate of drug-likeness (QED) is 0.791. The Labute approximate surface area is 168 Å². The first-order valence-electron chi connectivity index (χ1n) is 9.21. The van der Waals surface area contributed by atoms with Crippen molar-refractivity contribution in [2.24, 2.45) is 5.41 Å². The molecule has 2 aromatic rings. The molecule has 0 saturated heterocycles. The van der Waals surface area contributed by atoms with Crippen molar-refractivity contribution < 1.29 is 19.1 Å². The normalized spacial score (nSPS) is 13.6. The molecule has 2 heterocycles. The van der Waals surface area contributed by atoms with Crippen molar-refractivity contribution in [1.82, 2.24) is 0 Å². The average molecular weight is 401 g/mol. The van der Waals surface area contributed by atoms with E-state index in [4.69, 9.17) is 4.74 Å². The van der Waals surface area contributed by atoms with Crippen LogP contribution in [0.4, 0.5) is 11.4 Å². The van der Waals surface area contributed by atoms with Gasteiger partial charge in [0.2, 0.25) is 0 Å². The van der Waals surface area contributed by atoms with Crippen molar-refractivity contribution in [3.63, 3.8) is 0 Å². The van der Waals surface area contributed by atoms with Crippen molar-refractivity contribution in [3.8, 4) is 0 Å². The fourth-order valence-electron chi connectivity index (χ4n) is 2.96. The molecule has 28 heavy (non-hydrogen) atoms. The SMILES string of the molecule is CC(C)(C)C(=O)OCC(=O)Nc1ccc2c(c1)CCCN2C(=O)c1cccs1. The summed E-state index contributed by atoms with van der Waals surface area (Å²) >= 11 is 1.43. The first-order valence-corrected chi connectivity index (χ1v) is 10.1. The van der Waals surface area contributed by atoms with Crippen LogP contribution in [0.3, 0.4) is 0 Å². The van der Waals surface area contributed by atoms with Gasteiger partial charge in [-0.2, -0.15) is 0 Å². The van der Waals surface area contributed by atoms with Crippen molar-refractivity contribution in [2.75, 3.05) is 23.4 Å². The lowest BCUT2D eigenvalue weighted by Gasteiger charge is -2.29. The molecule has 0 aliphatic carbocycles. The Hall–Kier alpha value is -2.67. The highest BCUT2D eigenvalue weighted by molar-refractivity contribution is 7.12. The molecule has 0 radical (unpaired) electrons. The van der Waals surface area contributed by atoms with E-state index >= 15 is 0 Å². The minimum absolute atomic E-state index is 0.00169. The molecule has 0 saturated carbocycles. The number of aryl methyl sites for hydroxylation is 1. The summed E-state index contributed by atoms with van der Waals surface area (Å²) in [5, 5.41) is 4.64. The number of hydrogen-bond acceptors (Lipinski definition) is 5. The van der Waals surface area contributed by atoms with Crippen LogP contribution in [-0.4, -0.2) is 30.9 Å². The summed E-state index contributed by atoms with van der Waals surface area (Å²) in [5.41, 5.74) is 1.87. The molecule has 6 nitrogen and oxygen atoms in total. The zero-order chi connectivity index (χ0) is 20.3. The maximum Gasteiger partial charge on any atom is 0.311 e. The van der Waals surface area contributed by atoms with Gasteiger partial charge in [0.1, 0.15) is 0 Å². The van der Waals surface area contributed by atoms with Gasteiger partial charge in [-0.05, 0) is 68.8 Å². The van der Waals surface area contributed by atoms with Crippen LogP contribution in [0.25, 0.3) is 0 Å². The Bertz CT molecular complexity index is 884. The number of benzene rings is 1. The summed E-state index contributed by atoms with van der Waals surface area (Å²) in [6.07, 6.45) is 1.71. The molecule has 3 rings (SSSR count). The molecular formula is C21H24N2O4S. The van der Waals surface area contributed by atoms with Gasteiger partial charge in [0.05, 0.1) is 10.3 Å². The molecule has 1 aromatic heterocycles. The monoisotopic (exact) mass is 400 g/mol. The van der Waals surface area contributed by atoms with Crippen molar-refractivity contribution in [3.05, 3.63) is 46.2 Å². The predicted molar refractivity (Wildman–Crippen MR) is 110 cm³/mol. The molecule has 1 aliphatic heterocycles. The summed E-state index contributed by atoms with van der Waals surface area (Å²) < 4.78 is 5.04. The topological polar surface area (TPSA) is 75.7 Å². The van der Waals surface area contributed by atoms with Gasteiger partial charge in [-0.25, -0.2) is 0 Å². The van der Waals surface area contributed by atoms with Crippen molar-refractivity contribution in [1.29, 1.82) is 0 Å². The molecule has 1 N–H and O–H groups in total. The second kappa shape index (κ2) is 8.14. The molecular weight excluding hydrogens is 376 g/mol. The van der Waals surface area contributed by atoms with E-state index in [0.29, 0.717) is 17.1 Å². The number of hydrogen-bond donors (Lipinski definition) is 1. The van der Waals surface area contributed by atoms with E-state index < -0.39 is 11.4 Å². The van der Waals surface area contributed by atoms with Crippen LogP contribution < -0.4 is 10.2 Å². The summed E-state index contributed by atoms with van der Waals surface area (Å²) in [6, 6.07) is 9.20. The van der Waals surface area contributed by atoms with E-state index in [1.807, 2.05) is 29.6 Å². The summed E-state index contributed by atoms with van der Waals surface area (Å²) in [7, 11) is 0. The molecule has 0 fully saturated rings. The predicted octanol–water partition coefficient (Wildman–Crippen LogP) is 3.87. The highest BCUT2D eigenvalue weighted by atomic mass is 32.1. The average Bonchev–Trinajstić information content (AvgIpc) is 3.18. The third-order valence-electron chi connectivity index (χ3n) is 4.41. The van der Waals surface area contributed by atoms with E-state index in [-0.39, 0.29) is 18.4 Å². The van der Waals surface area contributed by atoms with E-state index in [2.05, 4.69) is 5.32 Å². The number of carbonyl (C=O) groups is 3. The zero-order valence-electron chi connectivity index (χ0n) is 16.3. The molecule has 148 valence electrons. The number of nitrogens with one attached hydrogen (secondary N) is 1. The van der Waals surface area contributed by atoms with Gasteiger partial charge in [-0.3, -0.25) is 14.4 Å². The summed E-state index contributed by atoms with van der Waals surface area (Å²) in [6.45, 7) is 5.56. The third-order valence-corrected chi connectivity index (χ3v) is 5.26. The molecule has 7 heteroatoms. The van der Waals surface area contributed by atoms with Crippen molar-refractivity contribution in [2.45, 2.75) is 33.6 Å². The van der Waals surface area contributed by atoms with Crippen LogP contribution in [-0.2, 0) is 20.7 Å². The van der Waals surface area contributed by atoms with Gasteiger partial charge >= 0.3 is 5.97 Å². The highest BCUT2D eigenvalue weighted by Crippen LogP contribution is 2.31. The number of carbonyl (C=O) groups excluding carboxylic acids is 3. The van der Waals surface area contributed by atoms with Crippen LogP contribution in [0.2, 0.25) is 0 Å². The van der Waals surface area contributed by atoms with Gasteiger partial charge in [0.25, 0.3) is 11.8 Å². The van der Waals surface area contributed by atoms with E-state index in [9.17, 15) is 14.4 Å². The maximum absolute atomic E-state index is 12.7. The van der Waals surface area contributed by atoms with Crippen LogP contribution in [0.1, 0.15) is 42.4 Å². The Balaban J connectivity index is 1.67. The van der Waals surface area contributed by atoms with Gasteiger partial charge in [-0.15, -0.1) is 11.3 Å². The first kappa shape index (κ1) is 20.1. The van der Waals surface area contributed by atoms with Gasteiger partial charge in [0.15, 0.2) is 6.61 Å². The fourth-order valence-corrected chi connectivity index (χ4v) is 3.64. The number of fused-ring (bicyclic) bond motifs is 1. The Morgan fingerprint density at radius 2 is 2.00 bits per heavy atom. The number of nitrogens with zero attached hydrogens (tertiary/aromatic N) is 1. The van der Waals surface area contributed by atoms with Crippen LogP contribution >= 0.6 is 11.3 Å². The van der Waals surface area contributed by atoms with E-state index in [0.717, 1.165) is 24.1 Å². The first-order chi connectivity index (χ1) is 13.3. The molecule has 0 unspecified atom stereocenters. The van der Waals surface area contributed by atoms with Crippen LogP contribution in [0.5, 0.6) is 0 Å². The minimum Gasteiger partial charge on any atom is -0.455 e. The van der Waals surface area contributed by atoms with E-state index in [1.165, 1.54) is 11.3 Å². The second-order valence-corrected chi connectivity index (χ2v) is 8.70. The molecule has 1 aromatic carbocycles. The van der Waals surface area contributed by atoms with Gasteiger partial charge < -0.3 is 15.0 Å². The molecule has 2 amide bonds. The summed E-state index contributed by atoms with van der Waals surface area (Å²) in [4.78, 5) is 39.1. The summed E-state index contributed by atoms with van der Waals surface area (Å²) in [5.74, 6) is -0.808. The smallest absolute Gasteiger partial charge is 0.311 e. The lowest BCUT2D eigenvalue weighted by atomic mass is 9.97. The molecule has 1 aliphatic rings. The maximum atomic E-state index is 12.7. The number of ether oxygens (including phenoxy) is 1. The number of thiophene rings is 1. The molecule has 0 spiro atoms. The number of esters is 1. The second-order valence-electron chi connectivity index (χ2n) is 7.76. The largest absolute Gasteiger partial charge is 0.455 e. The van der Waals surface area contributed by atoms with E-state index in [1.54, 1.807) is 31.7 Å². The Morgan fingerprint density at radius 3 is 2.68 bits per heavy atom.